The first-order valence-electron chi connectivity index (χ1n) is 9.54. The Morgan fingerprint density at radius 3 is 2.88 bits per heavy atom. The minimum Gasteiger partial charge on any atom is -0.446 e. The molecule has 0 bridgehead atoms. The van der Waals surface area contributed by atoms with Crippen molar-refractivity contribution in [2.45, 2.75) is 50.5 Å². The third-order valence-electron chi connectivity index (χ3n) is 5.70. The summed E-state index contributed by atoms with van der Waals surface area (Å²) < 4.78 is 7.87. The molecule has 0 radical (unpaired) electrons. The van der Waals surface area contributed by atoms with Gasteiger partial charge >= 0.3 is 6.09 Å². The zero-order valence-electron chi connectivity index (χ0n) is 14.7. The van der Waals surface area contributed by atoms with Gasteiger partial charge in [0, 0.05) is 25.2 Å². The quantitative estimate of drug-likeness (QED) is 0.765. The van der Waals surface area contributed by atoms with Crippen LogP contribution < -0.4 is 0 Å². The average molecular weight is 353 g/mol. The first kappa shape index (κ1) is 15.7. The molecule has 26 heavy (non-hydrogen) atoms. The van der Waals surface area contributed by atoms with Gasteiger partial charge in [0.1, 0.15) is 11.9 Å². The van der Waals surface area contributed by atoms with Crippen LogP contribution in [0.15, 0.2) is 24.7 Å². The number of aromatic nitrogens is 4. The second kappa shape index (κ2) is 6.30. The number of nitrogens with zero attached hydrogens (tertiary/aromatic N) is 4. The molecule has 2 fully saturated rings. The molecule has 7 nitrogen and oxygen atoms in total. The van der Waals surface area contributed by atoms with Crippen molar-refractivity contribution in [1.82, 2.24) is 24.3 Å². The molecule has 1 atom stereocenters. The Labute approximate surface area is 151 Å². The largest absolute Gasteiger partial charge is 0.446 e. The van der Waals surface area contributed by atoms with Gasteiger partial charge in [-0.25, -0.2) is 14.8 Å². The molecule has 1 N–H and O–H groups in total. The maximum atomic E-state index is 12.6. The fourth-order valence-corrected chi connectivity index (χ4v) is 4.37. The molecule has 0 spiro atoms. The van der Waals surface area contributed by atoms with Crippen molar-refractivity contribution in [3.05, 3.63) is 30.5 Å². The lowest BCUT2D eigenvalue weighted by Crippen LogP contribution is -2.41. The predicted octanol–water partition coefficient (Wildman–Crippen LogP) is 3.47. The van der Waals surface area contributed by atoms with E-state index in [0.29, 0.717) is 6.54 Å². The Bertz CT molecular complexity index is 940. The molecule has 1 saturated heterocycles. The van der Waals surface area contributed by atoms with Crippen LogP contribution in [-0.2, 0) is 4.74 Å². The van der Waals surface area contributed by atoms with Gasteiger partial charge in [0.25, 0.3) is 0 Å². The van der Waals surface area contributed by atoms with Gasteiger partial charge in [-0.05, 0) is 44.6 Å². The number of amides is 1. The third-order valence-corrected chi connectivity index (χ3v) is 5.70. The Morgan fingerprint density at radius 2 is 2.00 bits per heavy atom. The topological polar surface area (TPSA) is 75.5 Å². The molecule has 1 saturated carbocycles. The van der Waals surface area contributed by atoms with Crippen molar-refractivity contribution < 1.29 is 9.53 Å². The van der Waals surface area contributed by atoms with E-state index in [1.807, 2.05) is 29.6 Å². The molecule has 1 amide bonds. The third kappa shape index (κ3) is 2.62. The highest BCUT2D eigenvalue weighted by Gasteiger charge is 2.30. The van der Waals surface area contributed by atoms with Crippen LogP contribution in [0.3, 0.4) is 0 Å². The highest BCUT2D eigenvalue weighted by Crippen LogP contribution is 2.29. The maximum absolute atomic E-state index is 12.6. The number of nitrogens with one attached hydrogen (secondary N) is 1. The van der Waals surface area contributed by atoms with Gasteiger partial charge in [0.05, 0.1) is 23.4 Å². The summed E-state index contributed by atoms with van der Waals surface area (Å²) in [6.07, 6.45) is 11.9. The van der Waals surface area contributed by atoms with Crippen LogP contribution in [0.1, 0.15) is 50.3 Å². The van der Waals surface area contributed by atoms with Crippen molar-refractivity contribution in [1.29, 1.82) is 0 Å². The number of fused-ring (bicyclic) bond motifs is 3. The van der Waals surface area contributed by atoms with E-state index < -0.39 is 0 Å². The molecule has 3 aromatic rings. The van der Waals surface area contributed by atoms with Gasteiger partial charge in [0.15, 0.2) is 5.65 Å². The van der Waals surface area contributed by atoms with E-state index in [1.54, 1.807) is 0 Å². The van der Waals surface area contributed by atoms with E-state index in [2.05, 4.69) is 19.4 Å². The molecular weight excluding hydrogens is 330 g/mol. The van der Waals surface area contributed by atoms with Crippen LogP contribution in [0.5, 0.6) is 0 Å². The molecule has 5 rings (SSSR count). The van der Waals surface area contributed by atoms with E-state index >= 15 is 0 Å². The first-order valence-corrected chi connectivity index (χ1v) is 9.54. The van der Waals surface area contributed by atoms with Crippen LogP contribution in [0.25, 0.3) is 16.7 Å². The van der Waals surface area contributed by atoms with Gasteiger partial charge in [-0.3, -0.25) is 4.40 Å². The van der Waals surface area contributed by atoms with Gasteiger partial charge in [-0.1, -0.05) is 0 Å². The Kier molecular flexibility index (Phi) is 3.80. The molecule has 1 aliphatic carbocycles. The molecule has 1 unspecified atom stereocenters. The zero-order chi connectivity index (χ0) is 17.5. The zero-order valence-corrected chi connectivity index (χ0v) is 14.7. The summed E-state index contributed by atoms with van der Waals surface area (Å²) in [6.45, 7) is 1.44. The second-order valence-corrected chi connectivity index (χ2v) is 7.42. The van der Waals surface area contributed by atoms with E-state index in [-0.39, 0.29) is 18.1 Å². The standard InChI is InChI=1S/C19H23N5O2/c25-19(26-15-5-1-2-6-15)23-9-3-4-13(12-23)18-22-11-14-10-21-17-16(24(14)18)7-8-20-17/h7-8,10-11,13,15,20H,1-6,9,12H2. The summed E-state index contributed by atoms with van der Waals surface area (Å²) in [4.78, 5) is 26.7. The monoisotopic (exact) mass is 353 g/mol. The van der Waals surface area contributed by atoms with Crippen molar-refractivity contribution in [3.8, 4) is 0 Å². The molecule has 3 aromatic heterocycles. The predicted molar refractivity (Wildman–Crippen MR) is 97.1 cm³/mol. The molecule has 7 heteroatoms. The van der Waals surface area contributed by atoms with Crippen LogP contribution >= 0.6 is 0 Å². The highest BCUT2D eigenvalue weighted by molar-refractivity contribution is 5.75. The van der Waals surface area contributed by atoms with Crippen molar-refractivity contribution in [2.75, 3.05) is 13.1 Å². The van der Waals surface area contributed by atoms with Gasteiger partial charge < -0.3 is 14.6 Å². The van der Waals surface area contributed by atoms with Gasteiger partial charge in [-0.15, -0.1) is 0 Å². The first-order chi connectivity index (χ1) is 12.8. The normalized spacial score (nSPS) is 21.7. The van der Waals surface area contributed by atoms with E-state index in [1.165, 1.54) is 12.8 Å². The Morgan fingerprint density at radius 1 is 1.15 bits per heavy atom. The van der Waals surface area contributed by atoms with E-state index in [9.17, 15) is 4.79 Å². The number of H-pyrrole nitrogens is 1. The summed E-state index contributed by atoms with van der Waals surface area (Å²) in [7, 11) is 0. The van der Waals surface area contributed by atoms with Crippen molar-refractivity contribution in [3.63, 3.8) is 0 Å². The maximum Gasteiger partial charge on any atom is 0.410 e. The van der Waals surface area contributed by atoms with Crippen LogP contribution in [-0.4, -0.2) is 49.5 Å². The minimum absolute atomic E-state index is 0.112. The second-order valence-electron chi connectivity index (χ2n) is 7.42. The molecule has 2 aliphatic rings. The fraction of sp³-hybridized carbons (Fsp3) is 0.526. The van der Waals surface area contributed by atoms with Crippen LogP contribution in [0.2, 0.25) is 0 Å². The number of hydrogen-bond acceptors (Lipinski definition) is 4. The van der Waals surface area contributed by atoms with Crippen molar-refractivity contribution >= 4 is 22.8 Å². The number of imidazole rings is 1. The van der Waals surface area contributed by atoms with Crippen molar-refractivity contribution in [2.24, 2.45) is 0 Å². The summed E-state index contributed by atoms with van der Waals surface area (Å²) in [6, 6.07) is 2.02. The van der Waals surface area contributed by atoms with E-state index in [0.717, 1.165) is 54.7 Å². The lowest BCUT2D eigenvalue weighted by molar-refractivity contribution is 0.0573. The van der Waals surface area contributed by atoms with E-state index in [4.69, 9.17) is 4.74 Å². The minimum atomic E-state index is -0.157. The van der Waals surface area contributed by atoms with Gasteiger partial charge in [0.2, 0.25) is 0 Å². The summed E-state index contributed by atoms with van der Waals surface area (Å²) in [5, 5.41) is 0. The summed E-state index contributed by atoms with van der Waals surface area (Å²) in [5.74, 6) is 1.22. The lowest BCUT2D eigenvalue weighted by atomic mass is 9.97. The highest BCUT2D eigenvalue weighted by atomic mass is 16.6. The number of aromatic amines is 1. The summed E-state index contributed by atoms with van der Waals surface area (Å²) in [5.41, 5.74) is 2.86. The Hall–Kier alpha value is -2.57. The molecule has 4 heterocycles. The number of carbonyl (C=O) groups excluding carboxylic acids is 1. The molecule has 136 valence electrons. The fourth-order valence-electron chi connectivity index (χ4n) is 4.37. The lowest BCUT2D eigenvalue weighted by Gasteiger charge is -2.32. The van der Waals surface area contributed by atoms with Crippen LogP contribution in [0, 0.1) is 0 Å². The van der Waals surface area contributed by atoms with Gasteiger partial charge in [-0.2, -0.15) is 0 Å². The SMILES string of the molecule is O=C(OC1CCCC1)N1CCCC(c2ncc3cnc4[nH]ccc4n23)C1. The molecule has 0 aromatic carbocycles. The van der Waals surface area contributed by atoms with Crippen LogP contribution in [0.4, 0.5) is 4.79 Å². The number of ether oxygens (including phenoxy) is 1. The number of rotatable bonds is 2. The summed E-state index contributed by atoms with van der Waals surface area (Å²) >= 11 is 0. The average Bonchev–Trinajstić information content (AvgIpc) is 3.41. The Balaban J connectivity index is 1.40. The number of carbonyl (C=O) groups is 1. The smallest absolute Gasteiger partial charge is 0.410 e. The number of likely N-dealkylation sites (tertiary alicyclic amines) is 1. The molecule has 1 aliphatic heterocycles. The molecular formula is C19H23N5O2. The number of hydrogen-bond donors (Lipinski definition) is 1. The number of piperidine rings is 1.